The maximum Gasteiger partial charge on any atom is 0.119 e. The molecule has 0 amide bonds. The Morgan fingerprint density at radius 3 is 2.58 bits per heavy atom. The molecule has 0 atom stereocenters. The van der Waals surface area contributed by atoms with Gasteiger partial charge in [0.05, 0.1) is 7.11 Å². The summed E-state index contributed by atoms with van der Waals surface area (Å²) in [5.74, 6) is 1.21. The highest BCUT2D eigenvalue weighted by atomic mass is 35.5. The molecule has 0 spiro atoms. The molecule has 0 saturated carbocycles. The quantitative estimate of drug-likeness (QED) is 0.672. The van der Waals surface area contributed by atoms with Crippen LogP contribution in [-0.2, 0) is 5.88 Å². The van der Waals surface area contributed by atoms with Gasteiger partial charge in [0.25, 0.3) is 0 Å². The van der Waals surface area contributed by atoms with Crippen LogP contribution in [0.5, 0.6) is 5.75 Å². The van der Waals surface area contributed by atoms with Gasteiger partial charge in [-0.3, -0.25) is 0 Å². The molecule has 0 saturated heterocycles. The van der Waals surface area contributed by atoms with E-state index >= 15 is 0 Å². The van der Waals surface area contributed by atoms with Crippen LogP contribution in [0.2, 0.25) is 5.02 Å². The van der Waals surface area contributed by atoms with E-state index in [0.717, 1.165) is 21.9 Å². The third-order valence-corrected chi connectivity index (χ3v) is 2.51. The van der Waals surface area contributed by atoms with Crippen LogP contribution in [0.15, 0.2) is 12.1 Å². The number of halogens is 2. The first-order valence-electron chi connectivity index (χ1n) is 3.58. The van der Waals surface area contributed by atoms with Crippen molar-refractivity contribution in [1.82, 2.24) is 0 Å². The van der Waals surface area contributed by atoms with Gasteiger partial charge in [0.15, 0.2) is 0 Å². The van der Waals surface area contributed by atoms with Gasteiger partial charge in [-0.15, -0.1) is 11.6 Å². The Hall–Kier alpha value is -0.400. The van der Waals surface area contributed by atoms with Crippen molar-refractivity contribution in [2.45, 2.75) is 12.8 Å². The standard InChI is InChI=1S/C9H10Cl2O/c1-6-3-8(12-2)4-7(5-10)9(6)11/h3-4H,5H2,1-2H3. The van der Waals surface area contributed by atoms with Crippen LogP contribution in [-0.4, -0.2) is 7.11 Å². The topological polar surface area (TPSA) is 9.23 Å². The molecule has 0 bridgehead atoms. The van der Waals surface area contributed by atoms with E-state index in [1.54, 1.807) is 7.11 Å². The largest absolute Gasteiger partial charge is 0.497 e. The van der Waals surface area contributed by atoms with E-state index in [4.69, 9.17) is 27.9 Å². The molecule has 0 N–H and O–H groups in total. The molecular weight excluding hydrogens is 195 g/mol. The SMILES string of the molecule is COc1cc(C)c(Cl)c(CCl)c1. The van der Waals surface area contributed by atoms with E-state index in [1.807, 2.05) is 19.1 Å². The van der Waals surface area contributed by atoms with Crippen LogP contribution >= 0.6 is 23.2 Å². The Labute approximate surface area is 82.2 Å². The predicted octanol–water partition coefficient (Wildman–Crippen LogP) is 3.40. The molecule has 0 radical (unpaired) electrons. The Kier molecular flexibility index (Phi) is 3.24. The second kappa shape index (κ2) is 4.01. The number of alkyl halides is 1. The summed E-state index contributed by atoms with van der Waals surface area (Å²) < 4.78 is 5.08. The zero-order chi connectivity index (χ0) is 9.14. The summed E-state index contributed by atoms with van der Waals surface area (Å²) in [4.78, 5) is 0. The maximum absolute atomic E-state index is 5.98. The molecule has 12 heavy (non-hydrogen) atoms. The molecule has 0 heterocycles. The summed E-state index contributed by atoms with van der Waals surface area (Å²) in [6.07, 6.45) is 0. The maximum atomic E-state index is 5.98. The third kappa shape index (κ3) is 1.85. The van der Waals surface area contributed by atoms with E-state index in [0.29, 0.717) is 5.88 Å². The van der Waals surface area contributed by atoms with Gasteiger partial charge in [0.1, 0.15) is 5.75 Å². The Balaban J connectivity index is 3.19. The van der Waals surface area contributed by atoms with Crippen molar-refractivity contribution in [3.05, 3.63) is 28.3 Å². The highest BCUT2D eigenvalue weighted by Gasteiger charge is 2.04. The van der Waals surface area contributed by atoms with Crippen LogP contribution in [0.4, 0.5) is 0 Å². The molecule has 0 aliphatic rings. The van der Waals surface area contributed by atoms with Crippen LogP contribution < -0.4 is 4.74 Å². The number of aryl methyl sites for hydroxylation is 1. The highest BCUT2D eigenvalue weighted by molar-refractivity contribution is 6.33. The van der Waals surface area contributed by atoms with Crippen molar-refractivity contribution in [2.24, 2.45) is 0 Å². The lowest BCUT2D eigenvalue weighted by Gasteiger charge is -2.07. The van der Waals surface area contributed by atoms with Crippen molar-refractivity contribution in [1.29, 1.82) is 0 Å². The van der Waals surface area contributed by atoms with Crippen LogP contribution in [0.3, 0.4) is 0 Å². The van der Waals surface area contributed by atoms with Crippen molar-refractivity contribution in [3.63, 3.8) is 0 Å². The second-order valence-electron chi connectivity index (χ2n) is 2.55. The molecule has 3 heteroatoms. The molecule has 0 fully saturated rings. The first kappa shape index (κ1) is 9.69. The van der Waals surface area contributed by atoms with Crippen LogP contribution in [0.25, 0.3) is 0 Å². The van der Waals surface area contributed by atoms with E-state index < -0.39 is 0 Å². The van der Waals surface area contributed by atoms with Gasteiger partial charge in [-0.1, -0.05) is 11.6 Å². The minimum atomic E-state index is 0.414. The number of ether oxygens (including phenoxy) is 1. The average molecular weight is 205 g/mol. The van der Waals surface area contributed by atoms with Gasteiger partial charge in [-0.25, -0.2) is 0 Å². The van der Waals surface area contributed by atoms with Crippen molar-refractivity contribution >= 4 is 23.2 Å². The molecule has 1 aromatic rings. The van der Waals surface area contributed by atoms with Crippen molar-refractivity contribution in [2.75, 3.05) is 7.11 Å². The number of rotatable bonds is 2. The number of methoxy groups -OCH3 is 1. The Morgan fingerprint density at radius 1 is 1.42 bits per heavy atom. The lowest BCUT2D eigenvalue weighted by molar-refractivity contribution is 0.414. The van der Waals surface area contributed by atoms with Crippen molar-refractivity contribution < 1.29 is 4.74 Å². The minimum absolute atomic E-state index is 0.414. The smallest absolute Gasteiger partial charge is 0.119 e. The van der Waals surface area contributed by atoms with E-state index in [2.05, 4.69) is 0 Å². The first-order valence-corrected chi connectivity index (χ1v) is 4.49. The molecule has 0 unspecified atom stereocenters. The fourth-order valence-electron chi connectivity index (χ4n) is 1.02. The number of hydrogen-bond donors (Lipinski definition) is 0. The van der Waals surface area contributed by atoms with E-state index in [1.165, 1.54) is 0 Å². The second-order valence-corrected chi connectivity index (χ2v) is 3.20. The summed E-state index contributed by atoms with van der Waals surface area (Å²) in [6.45, 7) is 1.93. The van der Waals surface area contributed by atoms with Gasteiger partial charge in [-0.2, -0.15) is 0 Å². The summed E-state index contributed by atoms with van der Waals surface area (Å²) >= 11 is 11.7. The van der Waals surface area contributed by atoms with Crippen molar-refractivity contribution in [3.8, 4) is 5.75 Å². The molecule has 1 aromatic carbocycles. The summed E-state index contributed by atoms with van der Waals surface area (Å²) in [7, 11) is 1.63. The zero-order valence-corrected chi connectivity index (χ0v) is 8.54. The Morgan fingerprint density at radius 2 is 2.08 bits per heavy atom. The molecule has 0 aromatic heterocycles. The monoisotopic (exact) mass is 204 g/mol. The van der Waals surface area contributed by atoms with Crippen LogP contribution in [0.1, 0.15) is 11.1 Å². The lowest BCUT2D eigenvalue weighted by Crippen LogP contribution is -1.89. The highest BCUT2D eigenvalue weighted by Crippen LogP contribution is 2.27. The summed E-state index contributed by atoms with van der Waals surface area (Å²) in [5.41, 5.74) is 1.90. The number of benzene rings is 1. The number of hydrogen-bond acceptors (Lipinski definition) is 1. The predicted molar refractivity (Wildman–Crippen MR) is 52.3 cm³/mol. The van der Waals surface area contributed by atoms with Gasteiger partial charge >= 0.3 is 0 Å². The van der Waals surface area contributed by atoms with Gasteiger partial charge < -0.3 is 4.74 Å². The molecular formula is C9H10Cl2O. The molecule has 1 rings (SSSR count). The van der Waals surface area contributed by atoms with Gasteiger partial charge in [0.2, 0.25) is 0 Å². The van der Waals surface area contributed by atoms with Crippen LogP contribution in [0, 0.1) is 6.92 Å². The fraction of sp³-hybridized carbons (Fsp3) is 0.333. The Bertz CT molecular complexity index is 284. The third-order valence-electron chi connectivity index (χ3n) is 1.68. The summed E-state index contributed by atoms with van der Waals surface area (Å²) in [6, 6.07) is 3.74. The molecule has 0 aliphatic heterocycles. The lowest BCUT2D eigenvalue weighted by atomic mass is 10.1. The molecule has 66 valence electrons. The molecule has 1 nitrogen and oxygen atoms in total. The summed E-state index contributed by atoms with van der Waals surface area (Å²) in [5, 5.41) is 0.728. The van der Waals surface area contributed by atoms with Gasteiger partial charge in [0, 0.05) is 10.9 Å². The fourth-order valence-corrected chi connectivity index (χ4v) is 1.48. The van der Waals surface area contributed by atoms with E-state index in [-0.39, 0.29) is 0 Å². The van der Waals surface area contributed by atoms with Gasteiger partial charge in [-0.05, 0) is 30.2 Å². The normalized spacial score (nSPS) is 10.0. The zero-order valence-electron chi connectivity index (χ0n) is 7.03. The minimum Gasteiger partial charge on any atom is -0.497 e. The molecule has 0 aliphatic carbocycles. The van der Waals surface area contributed by atoms with E-state index in [9.17, 15) is 0 Å². The first-order chi connectivity index (χ1) is 5.69. The average Bonchev–Trinajstić information content (AvgIpc) is 2.09.